The zero-order valence-electron chi connectivity index (χ0n) is 9.24. The molecule has 1 unspecified atom stereocenters. The summed E-state index contributed by atoms with van der Waals surface area (Å²) in [6.45, 7) is 1.85. The van der Waals surface area contributed by atoms with Gasteiger partial charge in [-0.05, 0) is 37.5 Å². The fraction of sp³-hybridized carbons (Fsp3) is 0.462. The van der Waals surface area contributed by atoms with Gasteiger partial charge in [-0.15, -0.1) is 0 Å². The first-order valence-corrected chi connectivity index (χ1v) is 6.44. The Labute approximate surface area is 107 Å². The fourth-order valence-electron chi connectivity index (χ4n) is 2.38. The molecule has 1 aliphatic carbocycles. The summed E-state index contributed by atoms with van der Waals surface area (Å²) in [5.74, 6) is 0.240. The Hall–Kier alpha value is -0.470. The Morgan fingerprint density at radius 3 is 2.31 bits per heavy atom. The lowest BCUT2D eigenvalue weighted by atomic mass is 9.61. The molecule has 0 aromatic heterocycles. The lowest BCUT2D eigenvalue weighted by Crippen LogP contribution is -2.45. The Balaban J connectivity index is 2.35. The SMILES string of the molecule is CC(S)C(=O)C1(c2ccc(Cl)cc2)CCC1. The summed E-state index contributed by atoms with van der Waals surface area (Å²) >= 11 is 10.1. The quantitative estimate of drug-likeness (QED) is 0.815. The molecule has 3 heteroatoms. The van der Waals surface area contributed by atoms with Crippen LogP contribution in [0, 0.1) is 0 Å². The number of halogens is 1. The third kappa shape index (κ3) is 1.89. The van der Waals surface area contributed by atoms with Crippen LogP contribution in [0.5, 0.6) is 0 Å². The molecule has 1 aromatic rings. The van der Waals surface area contributed by atoms with Crippen LogP contribution in [0.4, 0.5) is 0 Å². The van der Waals surface area contributed by atoms with Gasteiger partial charge in [0.25, 0.3) is 0 Å². The molecule has 1 aromatic carbocycles. The van der Waals surface area contributed by atoms with Crippen LogP contribution < -0.4 is 0 Å². The second-order valence-corrected chi connectivity index (χ2v) is 5.69. The van der Waals surface area contributed by atoms with E-state index in [2.05, 4.69) is 12.6 Å². The highest BCUT2D eigenvalue weighted by Crippen LogP contribution is 2.45. The van der Waals surface area contributed by atoms with Crippen molar-refractivity contribution >= 4 is 30.0 Å². The van der Waals surface area contributed by atoms with Gasteiger partial charge in [0.1, 0.15) is 0 Å². The van der Waals surface area contributed by atoms with E-state index in [0.717, 1.165) is 24.8 Å². The standard InChI is InChI=1S/C13H15ClOS/c1-9(16)12(15)13(7-2-8-13)10-3-5-11(14)6-4-10/h3-6,9,16H,2,7-8H2,1H3. The summed E-state index contributed by atoms with van der Waals surface area (Å²) in [7, 11) is 0. The molecule has 1 fully saturated rings. The molecule has 0 aliphatic heterocycles. The number of benzene rings is 1. The molecule has 0 bridgehead atoms. The summed E-state index contributed by atoms with van der Waals surface area (Å²) in [6, 6.07) is 7.64. The molecular formula is C13H15ClOS. The number of carbonyl (C=O) groups is 1. The first-order valence-electron chi connectivity index (χ1n) is 5.55. The van der Waals surface area contributed by atoms with E-state index in [-0.39, 0.29) is 16.4 Å². The van der Waals surface area contributed by atoms with Gasteiger partial charge >= 0.3 is 0 Å². The van der Waals surface area contributed by atoms with Crippen molar-refractivity contribution in [3.05, 3.63) is 34.9 Å². The molecule has 0 radical (unpaired) electrons. The van der Waals surface area contributed by atoms with Crippen molar-refractivity contribution in [1.29, 1.82) is 0 Å². The fourth-order valence-corrected chi connectivity index (χ4v) is 2.75. The lowest BCUT2D eigenvalue weighted by Gasteiger charge is -2.42. The average Bonchev–Trinajstić information content (AvgIpc) is 2.19. The maximum absolute atomic E-state index is 12.2. The molecule has 86 valence electrons. The van der Waals surface area contributed by atoms with Crippen molar-refractivity contribution in [2.45, 2.75) is 36.9 Å². The van der Waals surface area contributed by atoms with Gasteiger partial charge in [0.2, 0.25) is 0 Å². The summed E-state index contributed by atoms with van der Waals surface area (Å²) in [5, 5.41) is 0.514. The Morgan fingerprint density at radius 2 is 1.94 bits per heavy atom. The van der Waals surface area contributed by atoms with E-state index >= 15 is 0 Å². The molecule has 0 heterocycles. The van der Waals surface area contributed by atoms with Gasteiger partial charge in [0.15, 0.2) is 5.78 Å². The molecule has 0 N–H and O–H groups in total. The monoisotopic (exact) mass is 254 g/mol. The summed E-state index contributed by atoms with van der Waals surface area (Å²) in [6.07, 6.45) is 3.01. The van der Waals surface area contributed by atoms with Crippen LogP contribution in [0.2, 0.25) is 5.02 Å². The number of rotatable bonds is 3. The molecule has 1 nitrogen and oxygen atoms in total. The van der Waals surface area contributed by atoms with Gasteiger partial charge in [-0.25, -0.2) is 0 Å². The van der Waals surface area contributed by atoms with Gasteiger partial charge in [-0.2, -0.15) is 12.6 Å². The number of ketones is 1. The largest absolute Gasteiger partial charge is 0.297 e. The summed E-state index contributed by atoms with van der Waals surface area (Å²) in [4.78, 5) is 12.2. The number of hydrogen-bond donors (Lipinski definition) is 1. The van der Waals surface area contributed by atoms with E-state index in [0.29, 0.717) is 5.02 Å². The molecule has 1 saturated carbocycles. The molecule has 0 spiro atoms. The van der Waals surface area contributed by atoms with E-state index in [1.807, 2.05) is 31.2 Å². The third-order valence-electron chi connectivity index (χ3n) is 3.46. The van der Waals surface area contributed by atoms with Crippen LogP contribution in [-0.2, 0) is 10.2 Å². The maximum Gasteiger partial charge on any atom is 0.155 e. The molecule has 1 atom stereocenters. The summed E-state index contributed by atoms with van der Waals surface area (Å²) < 4.78 is 0. The molecule has 2 rings (SSSR count). The molecule has 0 saturated heterocycles. The minimum absolute atomic E-state index is 0.198. The molecule has 1 aliphatic rings. The second-order valence-electron chi connectivity index (χ2n) is 4.48. The number of hydrogen-bond acceptors (Lipinski definition) is 2. The first kappa shape index (κ1) is 12.0. The Bertz CT molecular complexity index is 393. The zero-order chi connectivity index (χ0) is 11.8. The molecular weight excluding hydrogens is 240 g/mol. The van der Waals surface area contributed by atoms with Crippen molar-refractivity contribution in [1.82, 2.24) is 0 Å². The van der Waals surface area contributed by atoms with Gasteiger partial charge < -0.3 is 0 Å². The van der Waals surface area contributed by atoms with E-state index in [1.165, 1.54) is 0 Å². The molecule has 16 heavy (non-hydrogen) atoms. The van der Waals surface area contributed by atoms with Crippen LogP contribution in [0.25, 0.3) is 0 Å². The maximum atomic E-state index is 12.2. The topological polar surface area (TPSA) is 17.1 Å². The number of carbonyl (C=O) groups excluding carboxylic acids is 1. The van der Waals surface area contributed by atoms with Crippen molar-refractivity contribution in [2.24, 2.45) is 0 Å². The van der Waals surface area contributed by atoms with Gasteiger partial charge in [-0.1, -0.05) is 30.2 Å². The zero-order valence-corrected chi connectivity index (χ0v) is 10.9. The van der Waals surface area contributed by atoms with Gasteiger partial charge in [-0.3, -0.25) is 4.79 Å². The van der Waals surface area contributed by atoms with E-state index in [9.17, 15) is 4.79 Å². The average molecular weight is 255 g/mol. The summed E-state index contributed by atoms with van der Waals surface area (Å²) in [5.41, 5.74) is 0.806. The van der Waals surface area contributed by atoms with Crippen molar-refractivity contribution in [2.75, 3.05) is 0 Å². The van der Waals surface area contributed by atoms with Crippen molar-refractivity contribution < 1.29 is 4.79 Å². The van der Waals surface area contributed by atoms with Crippen LogP contribution in [0.3, 0.4) is 0 Å². The van der Waals surface area contributed by atoms with Crippen LogP contribution in [-0.4, -0.2) is 11.0 Å². The predicted octanol–water partition coefficient (Wildman–Crippen LogP) is 3.65. The Morgan fingerprint density at radius 1 is 1.38 bits per heavy atom. The molecule has 0 amide bonds. The van der Waals surface area contributed by atoms with E-state index in [4.69, 9.17) is 11.6 Å². The highest BCUT2D eigenvalue weighted by molar-refractivity contribution is 7.81. The minimum atomic E-state index is -0.286. The van der Waals surface area contributed by atoms with Crippen LogP contribution in [0.1, 0.15) is 31.7 Å². The second kappa shape index (κ2) is 4.42. The number of Topliss-reactive ketones (excluding diaryl/α,β-unsaturated/α-hetero) is 1. The predicted molar refractivity (Wildman–Crippen MR) is 70.4 cm³/mol. The Kier molecular flexibility index (Phi) is 3.32. The number of thiol groups is 1. The smallest absolute Gasteiger partial charge is 0.155 e. The first-order chi connectivity index (χ1) is 7.56. The van der Waals surface area contributed by atoms with Crippen molar-refractivity contribution in [3.8, 4) is 0 Å². The van der Waals surface area contributed by atoms with Crippen molar-refractivity contribution in [3.63, 3.8) is 0 Å². The highest BCUT2D eigenvalue weighted by atomic mass is 35.5. The van der Waals surface area contributed by atoms with Gasteiger partial charge in [0, 0.05) is 5.02 Å². The van der Waals surface area contributed by atoms with Crippen LogP contribution >= 0.6 is 24.2 Å². The minimum Gasteiger partial charge on any atom is -0.297 e. The lowest BCUT2D eigenvalue weighted by molar-refractivity contribution is -0.126. The van der Waals surface area contributed by atoms with Crippen LogP contribution in [0.15, 0.2) is 24.3 Å². The highest BCUT2D eigenvalue weighted by Gasteiger charge is 2.46. The third-order valence-corrected chi connectivity index (χ3v) is 3.94. The van der Waals surface area contributed by atoms with Gasteiger partial charge in [0.05, 0.1) is 10.7 Å². The van der Waals surface area contributed by atoms with E-state index < -0.39 is 0 Å². The van der Waals surface area contributed by atoms with E-state index in [1.54, 1.807) is 0 Å². The normalized spacial score (nSPS) is 19.9.